The smallest absolute Gasteiger partial charge is 0.248 e. The minimum Gasteiger partial charge on any atom is -0.360 e. The summed E-state index contributed by atoms with van der Waals surface area (Å²) >= 11 is 0. The number of rotatable bonds is 2. The molecule has 0 amide bonds. The van der Waals surface area contributed by atoms with E-state index in [2.05, 4.69) is 10.1 Å². The summed E-state index contributed by atoms with van der Waals surface area (Å²) in [4.78, 5) is 2.64. The Hall–Kier alpha value is -0.920. The van der Waals surface area contributed by atoms with Crippen molar-refractivity contribution in [2.45, 2.75) is 37.6 Å². The first-order valence-corrected chi connectivity index (χ1v) is 8.11. The Morgan fingerprint density at radius 1 is 1.26 bits per heavy atom. The fourth-order valence-electron chi connectivity index (χ4n) is 3.15. The zero-order valence-electron chi connectivity index (χ0n) is 11.3. The molecule has 2 aliphatic heterocycles. The lowest BCUT2D eigenvalue weighted by molar-refractivity contribution is 0.158. The van der Waals surface area contributed by atoms with Gasteiger partial charge in [0.2, 0.25) is 10.0 Å². The molecule has 0 unspecified atom stereocenters. The van der Waals surface area contributed by atoms with Gasteiger partial charge in [-0.3, -0.25) is 4.90 Å². The lowest BCUT2D eigenvalue weighted by Crippen LogP contribution is -2.52. The predicted molar refractivity (Wildman–Crippen MR) is 69.3 cm³/mol. The van der Waals surface area contributed by atoms with Crippen LogP contribution in [0.4, 0.5) is 0 Å². The van der Waals surface area contributed by atoms with Crippen LogP contribution in [0.15, 0.2) is 9.42 Å². The third kappa shape index (κ3) is 2.09. The number of piperazine rings is 1. The van der Waals surface area contributed by atoms with E-state index < -0.39 is 10.0 Å². The monoisotopic (exact) mass is 285 g/mol. The van der Waals surface area contributed by atoms with Crippen LogP contribution in [0, 0.1) is 13.8 Å². The van der Waals surface area contributed by atoms with Gasteiger partial charge in [0.1, 0.15) is 10.6 Å². The Balaban J connectivity index is 1.89. The molecule has 1 aromatic rings. The summed E-state index contributed by atoms with van der Waals surface area (Å²) in [7, 11) is -3.47. The molecule has 7 heteroatoms. The fourth-order valence-corrected chi connectivity index (χ4v) is 4.91. The van der Waals surface area contributed by atoms with Gasteiger partial charge in [-0.2, -0.15) is 4.31 Å². The number of fused-ring (bicyclic) bond motifs is 1. The van der Waals surface area contributed by atoms with Gasteiger partial charge in [-0.15, -0.1) is 0 Å². The molecule has 2 fully saturated rings. The van der Waals surface area contributed by atoms with Crippen LogP contribution in [-0.4, -0.2) is 55.0 Å². The van der Waals surface area contributed by atoms with Crippen molar-refractivity contribution in [2.75, 3.05) is 26.2 Å². The van der Waals surface area contributed by atoms with Crippen LogP contribution in [0.1, 0.15) is 24.3 Å². The molecule has 3 heterocycles. The van der Waals surface area contributed by atoms with Crippen LogP contribution in [0.5, 0.6) is 0 Å². The van der Waals surface area contributed by atoms with Gasteiger partial charge in [0.15, 0.2) is 5.76 Å². The second-order valence-corrected chi connectivity index (χ2v) is 7.22. The van der Waals surface area contributed by atoms with Crippen molar-refractivity contribution < 1.29 is 12.9 Å². The molecule has 0 bridgehead atoms. The van der Waals surface area contributed by atoms with Gasteiger partial charge in [-0.25, -0.2) is 8.42 Å². The van der Waals surface area contributed by atoms with E-state index in [1.165, 1.54) is 6.42 Å². The molecule has 0 aliphatic carbocycles. The summed E-state index contributed by atoms with van der Waals surface area (Å²) in [6.07, 6.45) is 2.26. The predicted octanol–water partition coefficient (Wildman–Crippen LogP) is 0.760. The quantitative estimate of drug-likeness (QED) is 0.802. The summed E-state index contributed by atoms with van der Waals surface area (Å²) in [5.74, 6) is 0.381. The van der Waals surface area contributed by atoms with Crippen LogP contribution in [-0.2, 0) is 10.0 Å². The van der Waals surface area contributed by atoms with Crippen molar-refractivity contribution >= 4 is 10.0 Å². The second kappa shape index (κ2) is 4.57. The maximum absolute atomic E-state index is 12.7. The number of aryl methyl sites for hydroxylation is 2. The normalized spacial score (nSPS) is 25.7. The second-order valence-electron chi connectivity index (χ2n) is 5.35. The summed E-state index contributed by atoms with van der Waals surface area (Å²) in [6, 6.07) is 0.379. The summed E-state index contributed by atoms with van der Waals surface area (Å²) in [6.45, 7) is 6.40. The lowest BCUT2D eigenvalue weighted by Gasteiger charge is -2.36. The number of hydrogen-bond donors (Lipinski definition) is 0. The Kier molecular flexibility index (Phi) is 3.15. The number of hydrogen-bond acceptors (Lipinski definition) is 5. The van der Waals surface area contributed by atoms with Gasteiger partial charge in [0, 0.05) is 25.7 Å². The maximum Gasteiger partial charge on any atom is 0.248 e. The molecule has 3 rings (SSSR count). The van der Waals surface area contributed by atoms with Crippen LogP contribution in [0.2, 0.25) is 0 Å². The van der Waals surface area contributed by atoms with E-state index in [1.807, 2.05) is 0 Å². The molecular weight excluding hydrogens is 266 g/mol. The highest BCUT2D eigenvalue weighted by Crippen LogP contribution is 2.28. The van der Waals surface area contributed by atoms with Crippen LogP contribution < -0.4 is 0 Å². The van der Waals surface area contributed by atoms with Gasteiger partial charge in [0.25, 0.3) is 0 Å². The van der Waals surface area contributed by atoms with E-state index in [0.29, 0.717) is 30.6 Å². The van der Waals surface area contributed by atoms with Gasteiger partial charge >= 0.3 is 0 Å². The standard InChI is InChI=1S/C12H19N3O3S/c1-9-12(10(2)18-13-9)19(16,17)15-7-6-14-5-3-4-11(14)8-15/h11H,3-8H2,1-2H3/t11-/m0/s1. The first-order valence-electron chi connectivity index (χ1n) is 6.67. The van der Waals surface area contributed by atoms with Crippen LogP contribution in [0.3, 0.4) is 0 Å². The molecule has 1 aromatic heterocycles. The number of nitrogens with zero attached hydrogens (tertiary/aromatic N) is 3. The third-order valence-electron chi connectivity index (χ3n) is 4.12. The molecule has 19 heavy (non-hydrogen) atoms. The Bertz CT molecular complexity index is 562. The topological polar surface area (TPSA) is 66.7 Å². The molecule has 6 nitrogen and oxygen atoms in total. The highest BCUT2D eigenvalue weighted by Gasteiger charge is 2.38. The van der Waals surface area contributed by atoms with Crippen LogP contribution in [0.25, 0.3) is 0 Å². The van der Waals surface area contributed by atoms with E-state index in [0.717, 1.165) is 19.5 Å². The van der Waals surface area contributed by atoms with E-state index in [-0.39, 0.29) is 4.90 Å². The van der Waals surface area contributed by atoms with Crippen molar-refractivity contribution in [1.82, 2.24) is 14.4 Å². The number of sulfonamides is 1. The fraction of sp³-hybridized carbons (Fsp3) is 0.750. The molecule has 1 atom stereocenters. The van der Waals surface area contributed by atoms with Crippen molar-refractivity contribution in [3.05, 3.63) is 11.5 Å². The first-order chi connectivity index (χ1) is 9.00. The number of aromatic nitrogens is 1. The average molecular weight is 285 g/mol. The van der Waals surface area contributed by atoms with E-state index in [4.69, 9.17) is 4.52 Å². The van der Waals surface area contributed by atoms with Gasteiger partial charge in [-0.1, -0.05) is 5.16 Å². The molecule has 2 saturated heterocycles. The first kappa shape index (κ1) is 13.1. The van der Waals surface area contributed by atoms with Crippen molar-refractivity contribution in [3.63, 3.8) is 0 Å². The molecule has 0 radical (unpaired) electrons. The zero-order valence-corrected chi connectivity index (χ0v) is 12.1. The van der Waals surface area contributed by atoms with Crippen molar-refractivity contribution in [2.24, 2.45) is 0 Å². The summed E-state index contributed by atoms with van der Waals surface area (Å²) in [5.41, 5.74) is 0.450. The van der Waals surface area contributed by atoms with E-state index in [9.17, 15) is 8.42 Å². The van der Waals surface area contributed by atoms with Gasteiger partial charge in [-0.05, 0) is 33.2 Å². The maximum atomic E-state index is 12.7. The van der Waals surface area contributed by atoms with Gasteiger partial charge in [0.05, 0.1) is 0 Å². The summed E-state index contributed by atoms with van der Waals surface area (Å²) < 4.78 is 32.0. The van der Waals surface area contributed by atoms with Crippen molar-refractivity contribution in [3.8, 4) is 0 Å². The van der Waals surface area contributed by atoms with Gasteiger partial charge < -0.3 is 4.52 Å². The average Bonchev–Trinajstić information content (AvgIpc) is 2.95. The van der Waals surface area contributed by atoms with Crippen LogP contribution >= 0.6 is 0 Å². The van der Waals surface area contributed by atoms with E-state index >= 15 is 0 Å². The molecule has 0 saturated carbocycles. The highest BCUT2D eigenvalue weighted by atomic mass is 32.2. The zero-order chi connectivity index (χ0) is 13.6. The van der Waals surface area contributed by atoms with Crippen molar-refractivity contribution in [1.29, 1.82) is 0 Å². The SMILES string of the molecule is Cc1noc(C)c1S(=O)(=O)N1CCN2CCC[C@H]2C1. The Morgan fingerprint density at radius 3 is 2.74 bits per heavy atom. The third-order valence-corrected chi connectivity index (χ3v) is 6.23. The lowest BCUT2D eigenvalue weighted by atomic mass is 10.2. The molecular formula is C12H19N3O3S. The molecule has 2 aliphatic rings. The largest absolute Gasteiger partial charge is 0.360 e. The summed E-state index contributed by atoms with van der Waals surface area (Å²) in [5, 5.41) is 3.75. The molecule has 0 aromatic carbocycles. The Labute approximate surface area is 113 Å². The minimum absolute atomic E-state index is 0.249. The minimum atomic E-state index is -3.47. The Morgan fingerprint density at radius 2 is 2.05 bits per heavy atom. The molecule has 0 spiro atoms. The molecule has 106 valence electrons. The molecule has 0 N–H and O–H groups in total. The van der Waals surface area contributed by atoms with E-state index in [1.54, 1.807) is 18.2 Å². The highest BCUT2D eigenvalue weighted by molar-refractivity contribution is 7.89.